The SMILES string of the molecule is CCN(CC)CCCOc1ccc(-c2cc3cc(Oc4ccc(Cl)cc4)ccc3o2)cc1. The quantitative estimate of drug-likeness (QED) is 0.233. The smallest absolute Gasteiger partial charge is 0.135 e. The van der Waals surface area contributed by atoms with Gasteiger partial charge in [0, 0.05) is 22.5 Å². The average molecular weight is 450 g/mol. The highest BCUT2D eigenvalue weighted by atomic mass is 35.5. The number of halogens is 1. The molecule has 0 bridgehead atoms. The molecule has 1 heterocycles. The van der Waals surface area contributed by atoms with E-state index in [0.717, 1.165) is 72.2 Å². The Hall–Kier alpha value is -2.95. The lowest BCUT2D eigenvalue weighted by molar-refractivity contribution is 0.249. The summed E-state index contributed by atoms with van der Waals surface area (Å²) in [6, 6.07) is 23.2. The summed E-state index contributed by atoms with van der Waals surface area (Å²) < 4.78 is 17.9. The van der Waals surface area contributed by atoms with Crippen LogP contribution in [-0.4, -0.2) is 31.1 Å². The van der Waals surface area contributed by atoms with Crippen LogP contribution in [0.15, 0.2) is 77.2 Å². The van der Waals surface area contributed by atoms with Gasteiger partial charge in [-0.15, -0.1) is 0 Å². The van der Waals surface area contributed by atoms with Gasteiger partial charge in [-0.3, -0.25) is 0 Å². The van der Waals surface area contributed by atoms with E-state index < -0.39 is 0 Å². The minimum absolute atomic E-state index is 0.684. The molecule has 0 radical (unpaired) electrons. The molecule has 0 saturated carbocycles. The highest BCUT2D eigenvalue weighted by Crippen LogP contribution is 2.32. The number of hydrogen-bond acceptors (Lipinski definition) is 4. The molecule has 4 rings (SSSR count). The molecule has 166 valence electrons. The van der Waals surface area contributed by atoms with Crippen molar-refractivity contribution in [2.75, 3.05) is 26.2 Å². The van der Waals surface area contributed by atoms with Crippen LogP contribution in [0, 0.1) is 0 Å². The molecule has 4 aromatic rings. The van der Waals surface area contributed by atoms with Gasteiger partial charge in [-0.05, 0) is 92.3 Å². The van der Waals surface area contributed by atoms with Crippen LogP contribution >= 0.6 is 11.6 Å². The minimum atomic E-state index is 0.684. The molecule has 0 unspecified atom stereocenters. The van der Waals surface area contributed by atoms with E-state index in [0.29, 0.717) is 5.02 Å². The van der Waals surface area contributed by atoms with Gasteiger partial charge >= 0.3 is 0 Å². The zero-order valence-corrected chi connectivity index (χ0v) is 19.3. The molecular formula is C27H28ClNO3. The lowest BCUT2D eigenvalue weighted by Gasteiger charge is -2.17. The number of ether oxygens (including phenoxy) is 2. The third-order valence-corrected chi connectivity index (χ3v) is 5.71. The Labute approximate surface area is 194 Å². The summed E-state index contributed by atoms with van der Waals surface area (Å²) in [6.45, 7) is 8.32. The van der Waals surface area contributed by atoms with E-state index in [4.69, 9.17) is 25.5 Å². The monoisotopic (exact) mass is 449 g/mol. The zero-order chi connectivity index (χ0) is 22.3. The van der Waals surface area contributed by atoms with Crippen LogP contribution in [0.2, 0.25) is 5.02 Å². The summed E-state index contributed by atoms with van der Waals surface area (Å²) >= 11 is 5.94. The number of hydrogen-bond donors (Lipinski definition) is 0. The van der Waals surface area contributed by atoms with E-state index in [9.17, 15) is 0 Å². The lowest BCUT2D eigenvalue weighted by atomic mass is 10.1. The van der Waals surface area contributed by atoms with Crippen LogP contribution < -0.4 is 9.47 Å². The van der Waals surface area contributed by atoms with Gasteiger partial charge < -0.3 is 18.8 Å². The second-order valence-corrected chi connectivity index (χ2v) is 8.06. The Kier molecular flexibility index (Phi) is 7.35. The van der Waals surface area contributed by atoms with E-state index in [-0.39, 0.29) is 0 Å². The van der Waals surface area contributed by atoms with Crippen LogP contribution in [0.1, 0.15) is 20.3 Å². The van der Waals surface area contributed by atoms with Gasteiger partial charge in [0.25, 0.3) is 0 Å². The Morgan fingerprint density at radius 2 is 1.50 bits per heavy atom. The van der Waals surface area contributed by atoms with Crippen LogP contribution in [0.4, 0.5) is 0 Å². The van der Waals surface area contributed by atoms with E-state index >= 15 is 0 Å². The number of nitrogens with zero attached hydrogens (tertiary/aromatic N) is 1. The van der Waals surface area contributed by atoms with E-state index in [1.165, 1.54) is 0 Å². The molecule has 0 aliphatic heterocycles. The molecule has 0 fully saturated rings. The van der Waals surface area contributed by atoms with Gasteiger partial charge in [-0.2, -0.15) is 0 Å². The second kappa shape index (κ2) is 10.6. The van der Waals surface area contributed by atoms with Gasteiger partial charge in [0.05, 0.1) is 6.61 Å². The summed E-state index contributed by atoms with van der Waals surface area (Å²) in [7, 11) is 0. The van der Waals surface area contributed by atoms with Crippen molar-refractivity contribution in [3.63, 3.8) is 0 Å². The molecule has 4 nitrogen and oxygen atoms in total. The van der Waals surface area contributed by atoms with E-state index in [1.54, 1.807) is 0 Å². The Morgan fingerprint density at radius 1 is 0.812 bits per heavy atom. The van der Waals surface area contributed by atoms with Crippen molar-refractivity contribution < 1.29 is 13.9 Å². The summed E-state index contributed by atoms with van der Waals surface area (Å²) in [5.74, 6) is 3.19. The van der Waals surface area contributed by atoms with Crippen LogP contribution in [0.25, 0.3) is 22.3 Å². The summed E-state index contributed by atoms with van der Waals surface area (Å²) in [5.41, 5.74) is 1.83. The average Bonchev–Trinajstić information content (AvgIpc) is 3.24. The molecule has 0 atom stereocenters. The third kappa shape index (κ3) is 5.64. The summed E-state index contributed by atoms with van der Waals surface area (Å²) in [6.07, 6.45) is 1.02. The topological polar surface area (TPSA) is 34.8 Å². The van der Waals surface area contributed by atoms with Gasteiger partial charge in [0.15, 0.2) is 0 Å². The highest BCUT2D eigenvalue weighted by Gasteiger charge is 2.09. The van der Waals surface area contributed by atoms with Crippen molar-refractivity contribution in [2.24, 2.45) is 0 Å². The summed E-state index contributed by atoms with van der Waals surface area (Å²) in [5, 5.41) is 1.67. The molecule has 0 N–H and O–H groups in total. The fourth-order valence-electron chi connectivity index (χ4n) is 3.60. The molecule has 0 spiro atoms. The maximum Gasteiger partial charge on any atom is 0.135 e. The number of fused-ring (bicyclic) bond motifs is 1. The first-order chi connectivity index (χ1) is 15.6. The third-order valence-electron chi connectivity index (χ3n) is 5.46. The molecule has 1 aromatic heterocycles. The zero-order valence-electron chi connectivity index (χ0n) is 18.5. The van der Waals surface area contributed by atoms with Crippen LogP contribution in [-0.2, 0) is 0 Å². The first-order valence-electron chi connectivity index (χ1n) is 11.1. The van der Waals surface area contributed by atoms with Crippen LogP contribution in [0.3, 0.4) is 0 Å². The Bertz CT molecular complexity index is 1130. The van der Waals surface area contributed by atoms with E-state index in [2.05, 4.69) is 18.7 Å². The molecule has 5 heteroatoms. The molecule has 0 aliphatic rings. The maximum absolute atomic E-state index is 6.05. The van der Waals surface area contributed by atoms with Crippen molar-refractivity contribution in [2.45, 2.75) is 20.3 Å². The molecule has 3 aromatic carbocycles. The molecule has 32 heavy (non-hydrogen) atoms. The van der Waals surface area contributed by atoms with Crippen molar-refractivity contribution in [3.05, 3.63) is 77.8 Å². The number of benzene rings is 3. The fraction of sp³-hybridized carbons (Fsp3) is 0.259. The highest BCUT2D eigenvalue weighted by molar-refractivity contribution is 6.30. The molecule has 0 saturated heterocycles. The van der Waals surface area contributed by atoms with Crippen LogP contribution in [0.5, 0.6) is 17.2 Å². The lowest BCUT2D eigenvalue weighted by Crippen LogP contribution is -2.25. The Morgan fingerprint density at radius 3 is 2.22 bits per heavy atom. The molecule has 0 amide bonds. The van der Waals surface area contributed by atoms with Gasteiger partial charge in [-0.1, -0.05) is 25.4 Å². The first-order valence-corrected chi connectivity index (χ1v) is 11.4. The van der Waals surface area contributed by atoms with Crippen molar-refractivity contribution >= 4 is 22.6 Å². The maximum atomic E-state index is 6.05. The standard InChI is InChI=1S/C27H28ClNO3/c1-3-29(4-2)16-5-17-30-23-10-6-20(7-11-23)27-19-21-18-25(14-15-26(21)32-27)31-24-12-8-22(28)9-13-24/h6-15,18-19H,3-5,16-17H2,1-2H3. The fourth-order valence-corrected chi connectivity index (χ4v) is 3.73. The predicted octanol–water partition coefficient (Wildman–Crippen LogP) is 7.66. The first kappa shape index (κ1) is 22.3. The molecule has 0 aliphatic carbocycles. The van der Waals surface area contributed by atoms with E-state index in [1.807, 2.05) is 72.8 Å². The summed E-state index contributed by atoms with van der Waals surface area (Å²) in [4.78, 5) is 2.40. The predicted molar refractivity (Wildman–Crippen MR) is 131 cm³/mol. The van der Waals surface area contributed by atoms with Gasteiger partial charge in [-0.25, -0.2) is 0 Å². The van der Waals surface area contributed by atoms with Crippen molar-refractivity contribution in [1.29, 1.82) is 0 Å². The minimum Gasteiger partial charge on any atom is -0.494 e. The number of rotatable bonds is 10. The Balaban J connectivity index is 1.39. The van der Waals surface area contributed by atoms with Gasteiger partial charge in [0.2, 0.25) is 0 Å². The number of furan rings is 1. The molecular weight excluding hydrogens is 422 g/mol. The normalized spacial score (nSPS) is 11.2. The van der Waals surface area contributed by atoms with Gasteiger partial charge in [0.1, 0.15) is 28.6 Å². The second-order valence-electron chi connectivity index (χ2n) is 7.62. The van der Waals surface area contributed by atoms with Crippen molar-refractivity contribution in [1.82, 2.24) is 4.90 Å². The largest absolute Gasteiger partial charge is 0.494 e. The van der Waals surface area contributed by atoms with Crippen molar-refractivity contribution in [3.8, 4) is 28.6 Å².